The van der Waals surface area contributed by atoms with Crippen LogP contribution < -0.4 is 0 Å². The van der Waals surface area contributed by atoms with Crippen LogP contribution in [0.4, 0.5) is 0 Å². The van der Waals surface area contributed by atoms with Gasteiger partial charge in [-0.3, -0.25) is 4.79 Å². The van der Waals surface area contributed by atoms with E-state index in [2.05, 4.69) is 58.0 Å². The number of allylic oxidation sites excluding steroid dienone is 1. The number of carbonyl (C=O) groups is 1. The monoisotopic (exact) mass is 366 g/mol. The van der Waals surface area contributed by atoms with Crippen molar-refractivity contribution in [3.63, 3.8) is 0 Å². The number of hydrogen-bond donors (Lipinski definition) is 0. The molecule has 1 aliphatic carbocycles. The number of benzene rings is 1. The van der Waals surface area contributed by atoms with Crippen molar-refractivity contribution in [3.8, 4) is 11.8 Å². The van der Waals surface area contributed by atoms with E-state index in [1.807, 2.05) is 24.3 Å². The number of carbonyl (C=O) groups excluding carboxylic acids is 1. The maximum atomic E-state index is 11.8. The molecule has 1 aromatic rings. The van der Waals surface area contributed by atoms with E-state index in [4.69, 9.17) is 4.74 Å². The molecule has 1 saturated carbocycles. The maximum Gasteiger partial charge on any atom is 0.308 e. The van der Waals surface area contributed by atoms with Gasteiger partial charge in [-0.25, -0.2) is 0 Å². The molecular formula is C23H30O2Si. The highest BCUT2D eigenvalue weighted by Gasteiger charge is 2.34. The quantitative estimate of drug-likeness (QED) is 0.221. The molecule has 0 spiro atoms. The van der Waals surface area contributed by atoms with Crippen molar-refractivity contribution in [1.29, 1.82) is 0 Å². The van der Waals surface area contributed by atoms with Crippen molar-refractivity contribution in [2.45, 2.75) is 60.2 Å². The molecule has 0 bridgehead atoms. The first kappa shape index (κ1) is 20.3. The van der Waals surface area contributed by atoms with Crippen LogP contribution in [0.15, 0.2) is 35.2 Å². The second-order valence-corrected chi connectivity index (χ2v) is 14.1. The molecule has 0 aliphatic heterocycles. The van der Waals surface area contributed by atoms with E-state index in [0.29, 0.717) is 11.7 Å². The van der Waals surface area contributed by atoms with E-state index in [1.54, 1.807) is 0 Å². The molecule has 0 aromatic heterocycles. The molecule has 0 atom stereocenters. The highest BCUT2D eigenvalue weighted by atomic mass is 28.3. The largest absolute Gasteiger partial charge is 0.417 e. The third-order valence-corrected chi connectivity index (χ3v) is 6.18. The summed E-state index contributed by atoms with van der Waals surface area (Å²) in [7, 11) is -1.54. The molecular weight excluding hydrogens is 336 g/mol. The smallest absolute Gasteiger partial charge is 0.308 e. The molecule has 0 heterocycles. The van der Waals surface area contributed by atoms with E-state index >= 15 is 0 Å². The van der Waals surface area contributed by atoms with E-state index in [1.165, 1.54) is 25.0 Å². The standard InChI is InChI=1S/C23H30O2Si/c1-17(24)25-21(16-22(19-12-13-19)26(5,6)7)20-11-9-8-10-18(20)14-15-23(2,3)4/h8-11,19H,12-13H2,1-7H3. The third-order valence-electron chi connectivity index (χ3n) is 4.03. The summed E-state index contributed by atoms with van der Waals surface area (Å²) in [5.74, 6) is 7.33. The Hall–Kier alpha value is -2.01. The molecule has 0 unspecified atom stereocenters. The van der Waals surface area contributed by atoms with Gasteiger partial charge in [0.05, 0.1) is 8.07 Å². The van der Waals surface area contributed by atoms with Crippen LogP contribution in [0.1, 0.15) is 51.7 Å². The SMILES string of the molecule is CC(=O)OC(=C=C(C1CC1)[Si](C)(C)C)c1ccccc1C#CC(C)(C)C. The van der Waals surface area contributed by atoms with Crippen molar-refractivity contribution in [2.24, 2.45) is 11.3 Å². The third kappa shape index (κ3) is 6.06. The summed E-state index contributed by atoms with van der Waals surface area (Å²) in [6.07, 6.45) is 2.43. The Morgan fingerprint density at radius 1 is 1.15 bits per heavy atom. The van der Waals surface area contributed by atoms with E-state index in [9.17, 15) is 4.79 Å². The lowest BCUT2D eigenvalue weighted by Crippen LogP contribution is -2.25. The van der Waals surface area contributed by atoms with Crippen molar-refractivity contribution in [2.75, 3.05) is 0 Å². The Morgan fingerprint density at radius 2 is 1.77 bits per heavy atom. The van der Waals surface area contributed by atoms with Crippen molar-refractivity contribution in [3.05, 3.63) is 46.3 Å². The molecule has 1 aliphatic rings. The van der Waals surface area contributed by atoms with Crippen LogP contribution >= 0.6 is 0 Å². The van der Waals surface area contributed by atoms with Crippen LogP contribution in [0.25, 0.3) is 5.76 Å². The minimum Gasteiger partial charge on any atom is -0.417 e. The number of rotatable bonds is 4. The van der Waals surface area contributed by atoms with Gasteiger partial charge in [-0.05, 0) is 56.9 Å². The maximum absolute atomic E-state index is 11.8. The fourth-order valence-corrected chi connectivity index (χ4v) is 4.73. The summed E-state index contributed by atoms with van der Waals surface area (Å²) in [4.78, 5) is 11.8. The van der Waals surface area contributed by atoms with Crippen molar-refractivity contribution in [1.82, 2.24) is 0 Å². The predicted octanol–water partition coefficient (Wildman–Crippen LogP) is 5.80. The van der Waals surface area contributed by atoms with Gasteiger partial charge in [0.1, 0.15) is 0 Å². The van der Waals surface area contributed by atoms with Gasteiger partial charge in [0.2, 0.25) is 0 Å². The molecule has 3 heteroatoms. The first-order valence-electron chi connectivity index (χ1n) is 9.29. The minimum atomic E-state index is -1.54. The van der Waals surface area contributed by atoms with Crippen LogP contribution in [-0.4, -0.2) is 14.0 Å². The van der Waals surface area contributed by atoms with Gasteiger partial charge in [0.15, 0.2) is 5.76 Å². The van der Waals surface area contributed by atoms with Gasteiger partial charge in [0, 0.05) is 23.5 Å². The molecule has 2 rings (SSSR count). The molecule has 26 heavy (non-hydrogen) atoms. The number of hydrogen-bond acceptors (Lipinski definition) is 2. The Morgan fingerprint density at radius 3 is 2.27 bits per heavy atom. The zero-order valence-electron chi connectivity index (χ0n) is 17.1. The fraction of sp³-hybridized carbons (Fsp3) is 0.478. The van der Waals surface area contributed by atoms with Gasteiger partial charge in [-0.2, -0.15) is 0 Å². The molecule has 138 valence electrons. The highest BCUT2D eigenvalue weighted by molar-refractivity contribution is 6.83. The second-order valence-electron chi connectivity index (χ2n) is 9.03. The first-order valence-corrected chi connectivity index (χ1v) is 12.8. The Labute approximate surface area is 159 Å². The summed E-state index contributed by atoms with van der Waals surface area (Å²) >= 11 is 0. The minimum absolute atomic E-state index is 0.0915. The lowest BCUT2D eigenvalue weighted by molar-refractivity contribution is -0.134. The van der Waals surface area contributed by atoms with Gasteiger partial charge in [-0.15, -0.1) is 0 Å². The van der Waals surface area contributed by atoms with Crippen LogP contribution in [-0.2, 0) is 9.53 Å². The summed E-state index contributed by atoms with van der Waals surface area (Å²) in [6.45, 7) is 14.7. The molecule has 0 amide bonds. The molecule has 1 fully saturated rings. The van der Waals surface area contributed by atoms with E-state index < -0.39 is 8.07 Å². The Balaban J connectivity index is 2.67. The molecule has 1 aromatic carbocycles. The van der Waals surface area contributed by atoms with E-state index in [-0.39, 0.29) is 11.4 Å². The summed E-state index contributed by atoms with van der Waals surface area (Å²) in [5.41, 5.74) is 5.15. The fourth-order valence-electron chi connectivity index (χ4n) is 2.73. The topological polar surface area (TPSA) is 26.3 Å². The normalized spacial score (nSPS) is 14.0. The number of esters is 1. The summed E-state index contributed by atoms with van der Waals surface area (Å²) in [5, 5.41) is 1.35. The lowest BCUT2D eigenvalue weighted by atomic mass is 9.96. The average Bonchev–Trinajstić information content (AvgIpc) is 3.32. The van der Waals surface area contributed by atoms with Gasteiger partial charge >= 0.3 is 5.97 Å². The molecule has 2 nitrogen and oxygen atoms in total. The van der Waals surface area contributed by atoms with Crippen LogP contribution in [0.5, 0.6) is 0 Å². The van der Waals surface area contributed by atoms with Crippen molar-refractivity contribution >= 4 is 19.8 Å². The van der Waals surface area contributed by atoms with Crippen LogP contribution in [0.2, 0.25) is 19.6 Å². The highest BCUT2D eigenvalue weighted by Crippen LogP contribution is 2.41. The second kappa shape index (κ2) is 7.70. The van der Waals surface area contributed by atoms with Crippen LogP contribution in [0.3, 0.4) is 0 Å². The first-order chi connectivity index (χ1) is 12.0. The average molecular weight is 367 g/mol. The van der Waals surface area contributed by atoms with Gasteiger partial charge in [0.25, 0.3) is 0 Å². The Kier molecular flexibility index (Phi) is 6.01. The van der Waals surface area contributed by atoms with E-state index in [0.717, 1.165) is 11.1 Å². The lowest BCUT2D eigenvalue weighted by Gasteiger charge is -2.19. The molecule has 0 N–H and O–H groups in total. The summed E-state index contributed by atoms with van der Waals surface area (Å²) < 4.78 is 5.61. The zero-order valence-corrected chi connectivity index (χ0v) is 18.1. The zero-order chi connectivity index (χ0) is 19.5. The predicted molar refractivity (Wildman–Crippen MR) is 111 cm³/mol. The molecule has 0 saturated heterocycles. The van der Waals surface area contributed by atoms with Crippen LogP contribution in [0, 0.1) is 23.2 Å². The van der Waals surface area contributed by atoms with Crippen molar-refractivity contribution < 1.29 is 9.53 Å². The summed E-state index contributed by atoms with van der Waals surface area (Å²) in [6, 6.07) is 7.86. The number of ether oxygens (including phenoxy) is 1. The van der Waals surface area contributed by atoms with Gasteiger partial charge in [-0.1, -0.05) is 49.3 Å². The Bertz CT molecular complexity index is 812. The van der Waals surface area contributed by atoms with Gasteiger partial charge < -0.3 is 4.74 Å². The molecule has 0 radical (unpaired) electrons.